The first kappa shape index (κ1) is 9.57. The molecule has 1 aliphatic rings. The number of hydrogen-bond acceptors (Lipinski definition) is 1. The van der Waals surface area contributed by atoms with Crippen molar-refractivity contribution in [3.05, 3.63) is 29.8 Å². The molecule has 0 aliphatic carbocycles. The van der Waals surface area contributed by atoms with Gasteiger partial charge in [-0.15, -0.1) is 0 Å². The van der Waals surface area contributed by atoms with Crippen LogP contribution >= 0.6 is 0 Å². The molecule has 1 aliphatic heterocycles. The highest BCUT2D eigenvalue weighted by atomic mass is 15.1. The van der Waals surface area contributed by atoms with E-state index in [9.17, 15) is 0 Å². The van der Waals surface area contributed by atoms with Gasteiger partial charge in [0.25, 0.3) is 0 Å². The first-order valence-electron chi connectivity index (χ1n) is 5.47. The molecule has 0 fully saturated rings. The summed E-state index contributed by atoms with van der Waals surface area (Å²) in [5.74, 6) is 1.60. The number of fused-ring (bicyclic) bond motifs is 1. The standard InChI is InChI=1S/C13H19N/c1-10(2)12-8-11-6-4-5-7-13(11)14(3)9-12/h4-7,10,12H,8-9H2,1-3H3. The topological polar surface area (TPSA) is 3.24 Å². The van der Waals surface area contributed by atoms with E-state index in [0.29, 0.717) is 0 Å². The molecule has 0 aromatic heterocycles. The Bertz CT molecular complexity index is 317. The highest BCUT2D eigenvalue weighted by Gasteiger charge is 2.23. The van der Waals surface area contributed by atoms with Crippen LogP contribution in [0.1, 0.15) is 19.4 Å². The lowest BCUT2D eigenvalue weighted by Crippen LogP contribution is -2.34. The van der Waals surface area contributed by atoms with Gasteiger partial charge in [-0.25, -0.2) is 0 Å². The van der Waals surface area contributed by atoms with E-state index in [2.05, 4.69) is 50.1 Å². The molecular weight excluding hydrogens is 170 g/mol. The van der Waals surface area contributed by atoms with Crippen LogP contribution in [-0.2, 0) is 6.42 Å². The van der Waals surface area contributed by atoms with Crippen molar-refractivity contribution < 1.29 is 0 Å². The third-order valence-corrected chi connectivity index (χ3v) is 3.34. The Morgan fingerprint density at radius 3 is 2.71 bits per heavy atom. The summed E-state index contributed by atoms with van der Waals surface area (Å²) in [5, 5.41) is 0. The van der Waals surface area contributed by atoms with Crippen LogP contribution in [0, 0.1) is 11.8 Å². The molecule has 0 N–H and O–H groups in total. The van der Waals surface area contributed by atoms with Gasteiger partial charge in [-0.2, -0.15) is 0 Å². The fourth-order valence-corrected chi connectivity index (χ4v) is 2.30. The molecule has 0 spiro atoms. The van der Waals surface area contributed by atoms with E-state index >= 15 is 0 Å². The molecule has 1 aromatic rings. The van der Waals surface area contributed by atoms with E-state index in [0.717, 1.165) is 11.8 Å². The summed E-state index contributed by atoms with van der Waals surface area (Å²) in [6, 6.07) is 8.77. The third kappa shape index (κ3) is 1.63. The zero-order chi connectivity index (χ0) is 10.1. The molecule has 76 valence electrons. The monoisotopic (exact) mass is 189 g/mol. The minimum atomic E-state index is 0.783. The summed E-state index contributed by atoms with van der Waals surface area (Å²) >= 11 is 0. The molecule has 0 saturated carbocycles. The van der Waals surface area contributed by atoms with Crippen LogP contribution in [0.15, 0.2) is 24.3 Å². The first-order chi connectivity index (χ1) is 6.68. The van der Waals surface area contributed by atoms with Crippen LogP contribution in [0.3, 0.4) is 0 Å². The van der Waals surface area contributed by atoms with Crippen molar-refractivity contribution in [2.75, 3.05) is 18.5 Å². The Hall–Kier alpha value is -0.980. The van der Waals surface area contributed by atoms with E-state index in [-0.39, 0.29) is 0 Å². The maximum absolute atomic E-state index is 2.39. The zero-order valence-corrected chi connectivity index (χ0v) is 9.33. The Morgan fingerprint density at radius 2 is 2.00 bits per heavy atom. The van der Waals surface area contributed by atoms with E-state index in [4.69, 9.17) is 0 Å². The van der Waals surface area contributed by atoms with Gasteiger partial charge in [-0.3, -0.25) is 0 Å². The average Bonchev–Trinajstić information content (AvgIpc) is 2.17. The van der Waals surface area contributed by atoms with E-state index < -0.39 is 0 Å². The molecule has 0 bridgehead atoms. The van der Waals surface area contributed by atoms with E-state index in [1.54, 1.807) is 0 Å². The predicted octanol–water partition coefficient (Wildman–Crippen LogP) is 2.95. The summed E-state index contributed by atoms with van der Waals surface area (Å²) in [6.07, 6.45) is 1.25. The SMILES string of the molecule is CC(C)C1Cc2ccccc2N(C)C1. The van der Waals surface area contributed by atoms with Crippen molar-refractivity contribution in [3.8, 4) is 0 Å². The van der Waals surface area contributed by atoms with E-state index in [1.807, 2.05) is 0 Å². The number of benzene rings is 1. The van der Waals surface area contributed by atoms with Crippen molar-refractivity contribution >= 4 is 5.69 Å². The third-order valence-electron chi connectivity index (χ3n) is 3.34. The Morgan fingerprint density at radius 1 is 1.29 bits per heavy atom. The average molecular weight is 189 g/mol. The number of hydrogen-bond donors (Lipinski definition) is 0. The minimum absolute atomic E-state index is 0.783. The molecule has 0 radical (unpaired) electrons. The second-order valence-corrected chi connectivity index (χ2v) is 4.72. The molecular formula is C13H19N. The molecule has 1 heterocycles. The number of anilines is 1. The minimum Gasteiger partial charge on any atom is -0.374 e. The van der Waals surface area contributed by atoms with Gasteiger partial charge in [0, 0.05) is 19.3 Å². The second-order valence-electron chi connectivity index (χ2n) is 4.72. The zero-order valence-electron chi connectivity index (χ0n) is 9.33. The summed E-state index contributed by atoms with van der Waals surface area (Å²) in [7, 11) is 2.20. The van der Waals surface area contributed by atoms with Crippen LogP contribution in [0.4, 0.5) is 5.69 Å². The lowest BCUT2D eigenvalue weighted by molar-refractivity contribution is 0.375. The van der Waals surface area contributed by atoms with Gasteiger partial charge >= 0.3 is 0 Å². The molecule has 2 rings (SSSR count). The van der Waals surface area contributed by atoms with Gasteiger partial charge in [-0.05, 0) is 29.9 Å². The van der Waals surface area contributed by atoms with Crippen LogP contribution < -0.4 is 4.90 Å². The van der Waals surface area contributed by atoms with Crippen LogP contribution in [0.5, 0.6) is 0 Å². The Labute approximate surface area is 86.7 Å². The molecule has 1 heteroatoms. The maximum atomic E-state index is 2.39. The second kappa shape index (κ2) is 3.64. The number of nitrogens with zero attached hydrogens (tertiary/aromatic N) is 1. The quantitative estimate of drug-likeness (QED) is 0.656. The summed E-state index contributed by atoms with van der Waals surface area (Å²) in [5.41, 5.74) is 2.93. The molecule has 1 atom stereocenters. The summed E-state index contributed by atoms with van der Waals surface area (Å²) in [6.45, 7) is 5.85. The normalized spacial score (nSPS) is 21.1. The van der Waals surface area contributed by atoms with Crippen LogP contribution in [0.2, 0.25) is 0 Å². The molecule has 0 saturated heterocycles. The summed E-state index contributed by atoms with van der Waals surface area (Å²) in [4.78, 5) is 2.39. The van der Waals surface area contributed by atoms with Gasteiger partial charge in [-0.1, -0.05) is 32.0 Å². The van der Waals surface area contributed by atoms with Gasteiger partial charge in [0.15, 0.2) is 0 Å². The van der Waals surface area contributed by atoms with Gasteiger partial charge in [0.1, 0.15) is 0 Å². The molecule has 1 nitrogen and oxygen atoms in total. The van der Waals surface area contributed by atoms with Gasteiger partial charge < -0.3 is 4.90 Å². The first-order valence-corrected chi connectivity index (χ1v) is 5.47. The van der Waals surface area contributed by atoms with Gasteiger partial charge in [0.2, 0.25) is 0 Å². The number of para-hydroxylation sites is 1. The lowest BCUT2D eigenvalue weighted by atomic mass is 9.85. The smallest absolute Gasteiger partial charge is 0.0396 e. The van der Waals surface area contributed by atoms with Crippen molar-refractivity contribution in [1.29, 1.82) is 0 Å². The van der Waals surface area contributed by atoms with Crippen LogP contribution in [0.25, 0.3) is 0 Å². The highest BCUT2D eigenvalue weighted by Crippen LogP contribution is 2.31. The molecule has 1 unspecified atom stereocenters. The predicted molar refractivity (Wildman–Crippen MR) is 61.7 cm³/mol. The van der Waals surface area contributed by atoms with Crippen molar-refractivity contribution in [3.63, 3.8) is 0 Å². The van der Waals surface area contributed by atoms with Crippen molar-refractivity contribution in [1.82, 2.24) is 0 Å². The summed E-state index contributed by atoms with van der Waals surface area (Å²) < 4.78 is 0. The molecule has 1 aromatic carbocycles. The highest BCUT2D eigenvalue weighted by molar-refractivity contribution is 5.55. The van der Waals surface area contributed by atoms with Crippen molar-refractivity contribution in [2.45, 2.75) is 20.3 Å². The van der Waals surface area contributed by atoms with Crippen LogP contribution in [-0.4, -0.2) is 13.6 Å². The molecule has 14 heavy (non-hydrogen) atoms. The largest absolute Gasteiger partial charge is 0.374 e. The fourth-order valence-electron chi connectivity index (χ4n) is 2.30. The van der Waals surface area contributed by atoms with E-state index in [1.165, 1.54) is 24.2 Å². The Kier molecular flexibility index (Phi) is 2.49. The molecule has 0 amide bonds. The lowest BCUT2D eigenvalue weighted by Gasteiger charge is -2.35. The van der Waals surface area contributed by atoms with Gasteiger partial charge in [0.05, 0.1) is 0 Å². The Balaban J connectivity index is 2.29. The van der Waals surface area contributed by atoms with Crippen molar-refractivity contribution in [2.24, 2.45) is 11.8 Å². The fraction of sp³-hybridized carbons (Fsp3) is 0.538. The number of rotatable bonds is 1. The maximum Gasteiger partial charge on any atom is 0.0396 e.